The van der Waals surface area contributed by atoms with Gasteiger partial charge in [-0.15, -0.1) is 11.3 Å². The van der Waals surface area contributed by atoms with E-state index in [1.165, 1.54) is 27.9 Å². The summed E-state index contributed by atoms with van der Waals surface area (Å²) in [6.45, 7) is 12.6. The minimum Gasteiger partial charge on any atom is -0.384 e. The number of hydrogen-bond donors (Lipinski definition) is 4. The number of benzene rings is 1. The summed E-state index contributed by atoms with van der Waals surface area (Å²) >= 11 is 1.39. The molecule has 0 unspecified atom stereocenters. The molecule has 0 radical (unpaired) electrons. The van der Waals surface area contributed by atoms with Crippen LogP contribution in [0, 0.1) is 5.41 Å². The van der Waals surface area contributed by atoms with E-state index in [0.717, 1.165) is 21.6 Å². The molecule has 5 rings (SSSR count). The summed E-state index contributed by atoms with van der Waals surface area (Å²) in [5, 5.41) is 15.1. The second-order valence-corrected chi connectivity index (χ2v) is 12.9. The Kier molecular flexibility index (Phi) is 8.66. The number of nitrogens with two attached hydrogens (primary N) is 1. The molecular formula is C33H39N5O5S. The summed E-state index contributed by atoms with van der Waals surface area (Å²) in [4.78, 5) is 42.6. The zero-order valence-electron chi connectivity index (χ0n) is 25.5. The molecule has 11 heteroatoms. The predicted molar refractivity (Wildman–Crippen MR) is 170 cm³/mol. The van der Waals surface area contributed by atoms with Crippen LogP contribution in [-0.4, -0.2) is 66.6 Å². The van der Waals surface area contributed by atoms with Crippen molar-refractivity contribution in [1.29, 1.82) is 5.41 Å². The molecule has 5 N–H and O–H groups in total. The number of thiophene rings is 1. The van der Waals surface area contributed by atoms with E-state index in [-0.39, 0.29) is 42.7 Å². The zero-order valence-corrected chi connectivity index (χ0v) is 26.3. The van der Waals surface area contributed by atoms with Gasteiger partial charge in [0.05, 0.1) is 32.3 Å². The highest BCUT2D eigenvalue weighted by molar-refractivity contribution is 7.10. The van der Waals surface area contributed by atoms with E-state index in [9.17, 15) is 14.4 Å². The first kappa shape index (κ1) is 31.4. The van der Waals surface area contributed by atoms with Gasteiger partial charge in [0, 0.05) is 33.2 Å². The van der Waals surface area contributed by atoms with Crippen LogP contribution in [0.3, 0.4) is 0 Å². The maximum absolute atomic E-state index is 13.5. The van der Waals surface area contributed by atoms with Crippen molar-refractivity contribution in [3.05, 3.63) is 87.2 Å². The lowest BCUT2D eigenvalue weighted by molar-refractivity contribution is -0.152. The van der Waals surface area contributed by atoms with E-state index in [4.69, 9.17) is 20.6 Å². The largest absolute Gasteiger partial charge is 0.384 e. The summed E-state index contributed by atoms with van der Waals surface area (Å²) in [6.07, 6.45) is 3.48. The van der Waals surface area contributed by atoms with Crippen LogP contribution in [0.15, 0.2) is 65.6 Å². The minimum absolute atomic E-state index is 0.0451. The number of carbonyl (C=O) groups is 3. The molecule has 3 aliphatic rings. The van der Waals surface area contributed by atoms with Crippen molar-refractivity contribution in [3.63, 3.8) is 0 Å². The number of fused-ring (bicyclic) bond motifs is 1. The molecule has 0 saturated carbocycles. The lowest BCUT2D eigenvalue weighted by atomic mass is 9.82. The second-order valence-electron chi connectivity index (χ2n) is 11.9. The van der Waals surface area contributed by atoms with Gasteiger partial charge in [-0.05, 0) is 42.7 Å². The molecular weight excluding hydrogens is 578 g/mol. The molecule has 0 bridgehead atoms. The number of rotatable bonds is 9. The minimum atomic E-state index is -1.06. The summed E-state index contributed by atoms with van der Waals surface area (Å²) in [5.74, 6) is -2.33. The fraction of sp³-hybridized carbons (Fsp3) is 0.394. The van der Waals surface area contributed by atoms with Gasteiger partial charge < -0.3 is 30.7 Å². The Morgan fingerprint density at radius 1 is 1.25 bits per heavy atom. The normalized spacial score (nSPS) is 20.9. The predicted octanol–water partition coefficient (Wildman–Crippen LogP) is 3.55. The first-order valence-electron chi connectivity index (χ1n) is 14.6. The Labute approximate surface area is 261 Å². The maximum atomic E-state index is 13.5. The molecule has 1 spiro atoms. The lowest BCUT2D eigenvalue weighted by Gasteiger charge is -2.25. The highest BCUT2D eigenvalue weighted by Crippen LogP contribution is 2.46. The molecule has 2 fully saturated rings. The van der Waals surface area contributed by atoms with Crippen molar-refractivity contribution < 1.29 is 23.9 Å². The van der Waals surface area contributed by atoms with Gasteiger partial charge in [-0.1, -0.05) is 56.3 Å². The van der Waals surface area contributed by atoms with Crippen LogP contribution in [0.5, 0.6) is 0 Å². The van der Waals surface area contributed by atoms with Crippen LogP contribution in [0.1, 0.15) is 61.7 Å². The molecule has 3 heterocycles. The SMILES string of the molecule is C=C/C(=C\C1=C(C)C(C)(C)c2ccccc21)C(=O)NCC(=O)N1CC2(C[C@H]1C(=O)N[C@H](C)c1cc(C(=N)N)cs1)OCCO2. The summed E-state index contributed by atoms with van der Waals surface area (Å²) in [6, 6.07) is 8.68. The van der Waals surface area contributed by atoms with Crippen LogP contribution < -0.4 is 16.4 Å². The van der Waals surface area contributed by atoms with Gasteiger partial charge in [0.25, 0.3) is 5.91 Å². The summed E-state index contributed by atoms with van der Waals surface area (Å²) < 4.78 is 11.7. The Morgan fingerprint density at radius 3 is 2.61 bits per heavy atom. The lowest BCUT2D eigenvalue weighted by Crippen LogP contribution is -2.49. The van der Waals surface area contributed by atoms with Gasteiger partial charge in [-0.3, -0.25) is 19.8 Å². The standard InChI is InChI=1S/C33H39N5O5S/c1-6-21(13-24-19(2)32(4,5)25-10-8-7-9-23(24)25)30(40)36-16-28(39)38-18-33(42-11-12-43-33)15-26(38)31(41)37-20(3)27-14-22(17-44-27)29(34)35/h6-10,13-14,17,20,26H,1,11-12,15-16,18H2,2-5H3,(H3,34,35)(H,36,40)(H,37,41)/b21-13+/t20-,26+/m1/s1. The molecule has 232 valence electrons. The van der Waals surface area contributed by atoms with Crippen molar-refractivity contribution in [2.45, 2.75) is 57.4 Å². The number of nitrogens with one attached hydrogen (secondary N) is 3. The van der Waals surface area contributed by atoms with Gasteiger partial charge in [-0.25, -0.2) is 0 Å². The van der Waals surface area contributed by atoms with E-state index in [2.05, 4.69) is 44.1 Å². The molecule has 1 aliphatic carbocycles. The number of ether oxygens (including phenoxy) is 2. The monoisotopic (exact) mass is 617 g/mol. The van der Waals surface area contributed by atoms with Crippen molar-refractivity contribution in [2.75, 3.05) is 26.3 Å². The maximum Gasteiger partial charge on any atom is 0.251 e. The third-order valence-corrected chi connectivity index (χ3v) is 9.97. The topological polar surface area (TPSA) is 147 Å². The van der Waals surface area contributed by atoms with E-state index in [0.29, 0.717) is 24.4 Å². The van der Waals surface area contributed by atoms with E-state index in [1.807, 2.05) is 31.2 Å². The molecule has 1 aromatic heterocycles. The van der Waals surface area contributed by atoms with E-state index in [1.54, 1.807) is 11.4 Å². The Hall–Kier alpha value is -4.06. The van der Waals surface area contributed by atoms with Crippen LogP contribution in [-0.2, 0) is 29.3 Å². The van der Waals surface area contributed by atoms with Crippen molar-refractivity contribution in [3.8, 4) is 0 Å². The highest BCUT2D eigenvalue weighted by atomic mass is 32.1. The number of nitrogens with zero attached hydrogens (tertiary/aromatic N) is 1. The van der Waals surface area contributed by atoms with Crippen molar-refractivity contribution in [2.24, 2.45) is 5.73 Å². The number of nitrogen functional groups attached to an aromatic ring is 1. The van der Waals surface area contributed by atoms with Gasteiger partial charge in [0.1, 0.15) is 11.9 Å². The molecule has 1 aromatic carbocycles. The number of amidine groups is 1. The van der Waals surface area contributed by atoms with Crippen LogP contribution in [0.25, 0.3) is 5.57 Å². The molecule has 2 saturated heterocycles. The van der Waals surface area contributed by atoms with Gasteiger partial charge in [-0.2, -0.15) is 0 Å². The first-order valence-corrected chi connectivity index (χ1v) is 15.5. The second kappa shape index (κ2) is 12.1. The average Bonchev–Trinajstić information content (AvgIpc) is 3.79. The van der Waals surface area contributed by atoms with Crippen molar-refractivity contribution >= 4 is 40.5 Å². The quantitative estimate of drug-likeness (QED) is 0.147. The highest BCUT2D eigenvalue weighted by Gasteiger charge is 2.52. The molecule has 2 aliphatic heterocycles. The Bertz CT molecular complexity index is 1580. The Balaban J connectivity index is 1.29. The molecule has 2 atom stereocenters. The summed E-state index contributed by atoms with van der Waals surface area (Å²) in [5.41, 5.74) is 10.7. The zero-order chi connectivity index (χ0) is 31.8. The summed E-state index contributed by atoms with van der Waals surface area (Å²) in [7, 11) is 0. The van der Waals surface area contributed by atoms with Crippen LogP contribution in [0.2, 0.25) is 0 Å². The number of amides is 3. The smallest absolute Gasteiger partial charge is 0.251 e. The van der Waals surface area contributed by atoms with Gasteiger partial charge in [0.2, 0.25) is 11.8 Å². The molecule has 10 nitrogen and oxygen atoms in total. The van der Waals surface area contributed by atoms with Crippen LogP contribution >= 0.6 is 11.3 Å². The third-order valence-electron chi connectivity index (χ3n) is 8.86. The molecule has 44 heavy (non-hydrogen) atoms. The number of likely N-dealkylation sites (tertiary alicyclic amines) is 1. The third kappa shape index (κ3) is 5.87. The number of carbonyl (C=O) groups excluding carboxylic acids is 3. The molecule has 2 aromatic rings. The van der Waals surface area contributed by atoms with Gasteiger partial charge >= 0.3 is 0 Å². The van der Waals surface area contributed by atoms with E-state index >= 15 is 0 Å². The average molecular weight is 618 g/mol. The Morgan fingerprint density at radius 2 is 1.95 bits per heavy atom. The fourth-order valence-electron chi connectivity index (χ4n) is 6.07. The van der Waals surface area contributed by atoms with Crippen molar-refractivity contribution in [1.82, 2.24) is 15.5 Å². The van der Waals surface area contributed by atoms with E-state index < -0.39 is 23.6 Å². The fourth-order valence-corrected chi connectivity index (χ4v) is 6.98. The molecule has 3 amide bonds. The van der Waals surface area contributed by atoms with Crippen LogP contribution in [0.4, 0.5) is 0 Å². The first-order chi connectivity index (χ1) is 20.9. The number of allylic oxidation sites excluding steroid dienone is 3. The number of hydrogen-bond acceptors (Lipinski definition) is 7. The van der Waals surface area contributed by atoms with Gasteiger partial charge in [0.15, 0.2) is 5.79 Å².